The lowest BCUT2D eigenvalue weighted by molar-refractivity contribution is 0.587. The van der Waals surface area contributed by atoms with Crippen molar-refractivity contribution in [2.45, 2.75) is 51.1 Å². The zero-order valence-electron chi connectivity index (χ0n) is 11.8. The van der Waals surface area contributed by atoms with Crippen LogP contribution in [0.15, 0.2) is 9.59 Å². The maximum atomic E-state index is 12.6. The molecule has 0 aromatic carbocycles. The van der Waals surface area contributed by atoms with Crippen molar-refractivity contribution in [2.75, 3.05) is 0 Å². The van der Waals surface area contributed by atoms with E-state index in [4.69, 9.17) is 0 Å². The summed E-state index contributed by atoms with van der Waals surface area (Å²) in [6.07, 6.45) is 4.48. The van der Waals surface area contributed by atoms with E-state index in [-0.39, 0.29) is 23.3 Å². The Hall–Kier alpha value is -2.29. The summed E-state index contributed by atoms with van der Waals surface area (Å²) in [5, 5.41) is 0. The maximum Gasteiger partial charge on any atom is 0.333 e. The first-order valence-electron chi connectivity index (χ1n) is 7.46. The number of aromatic nitrogens is 4. The molecular weight excluding hydrogens is 268 g/mol. The van der Waals surface area contributed by atoms with Crippen LogP contribution in [0, 0.1) is 11.8 Å². The van der Waals surface area contributed by atoms with Crippen molar-refractivity contribution in [2.24, 2.45) is 0 Å². The van der Waals surface area contributed by atoms with Gasteiger partial charge < -0.3 is 4.98 Å². The van der Waals surface area contributed by atoms with Gasteiger partial charge in [0.15, 0.2) is 17.0 Å². The number of imidazole rings is 1. The molecule has 0 radical (unpaired) electrons. The lowest BCUT2D eigenvalue weighted by Crippen LogP contribution is -2.39. The Bertz CT molecular complexity index is 898. The molecule has 0 bridgehead atoms. The summed E-state index contributed by atoms with van der Waals surface area (Å²) in [6, 6.07) is 0.244. The van der Waals surface area contributed by atoms with Crippen LogP contribution in [-0.4, -0.2) is 19.1 Å². The summed E-state index contributed by atoms with van der Waals surface area (Å²) in [6.45, 7) is 1.95. The molecule has 0 amide bonds. The van der Waals surface area contributed by atoms with Crippen molar-refractivity contribution < 1.29 is 0 Å². The lowest BCUT2D eigenvalue weighted by atomic mass is 10.4. The number of rotatable bonds is 2. The number of aromatic amines is 1. The highest BCUT2D eigenvalue weighted by Gasteiger charge is 2.34. The van der Waals surface area contributed by atoms with Crippen LogP contribution in [0.4, 0.5) is 0 Å². The monoisotopic (exact) mass is 284 g/mol. The quantitative estimate of drug-likeness (QED) is 0.845. The van der Waals surface area contributed by atoms with Crippen LogP contribution in [0.1, 0.15) is 56.9 Å². The predicted molar refractivity (Wildman–Crippen MR) is 78.3 cm³/mol. The van der Waals surface area contributed by atoms with Crippen LogP contribution in [0.3, 0.4) is 0 Å². The van der Waals surface area contributed by atoms with E-state index in [0.717, 1.165) is 32.1 Å². The second-order valence-corrected chi connectivity index (χ2v) is 5.73. The van der Waals surface area contributed by atoms with Gasteiger partial charge >= 0.3 is 5.69 Å². The molecule has 2 aromatic heterocycles. The van der Waals surface area contributed by atoms with Crippen LogP contribution in [0.5, 0.6) is 0 Å². The van der Waals surface area contributed by atoms with Gasteiger partial charge in [-0.15, -0.1) is 0 Å². The first kappa shape index (κ1) is 12.5. The Morgan fingerprint density at radius 3 is 2.48 bits per heavy atom. The topological polar surface area (TPSA) is 72.7 Å². The SMILES string of the molecule is CCC#Cc1nc2c([nH]1)c(=O)n(C1CC1)c(=O)n2C1CC1. The van der Waals surface area contributed by atoms with Crippen LogP contribution in [0.2, 0.25) is 0 Å². The molecule has 0 unspecified atom stereocenters. The van der Waals surface area contributed by atoms with Gasteiger partial charge in [0.1, 0.15) is 0 Å². The van der Waals surface area contributed by atoms with Crippen molar-refractivity contribution in [3.05, 3.63) is 26.7 Å². The van der Waals surface area contributed by atoms with E-state index < -0.39 is 0 Å². The van der Waals surface area contributed by atoms with E-state index in [9.17, 15) is 9.59 Å². The number of H-pyrrole nitrogens is 1. The van der Waals surface area contributed by atoms with E-state index in [1.54, 1.807) is 4.57 Å². The van der Waals surface area contributed by atoms with Gasteiger partial charge in [0, 0.05) is 18.5 Å². The molecule has 21 heavy (non-hydrogen) atoms. The van der Waals surface area contributed by atoms with Gasteiger partial charge in [-0.05, 0) is 31.6 Å². The van der Waals surface area contributed by atoms with Crippen molar-refractivity contribution in [3.8, 4) is 11.8 Å². The molecule has 108 valence electrons. The molecule has 2 aliphatic rings. The number of nitrogens with one attached hydrogen (secondary N) is 1. The molecule has 4 rings (SSSR count). The van der Waals surface area contributed by atoms with Crippen molar-refractivity contribution in [1.29, 1.82) is 0 Å². The van der Waals surface area contributed by atoms with Gasteiger partial charge in [-0.2, -0.15) is 0 Å². The second kappa shape index (κ2) is 4.35. The normalized spacial score (nSPS) is 17.8. The minimum atomic E-state index is -0.258. The molecule has 0 saturated heterocycles. The third kappa shape index (κ3) is 1.92. The first-order valence-corrected chi connectivity index (χ1v) is 7.46. The summed E-state index contributed by atoms with van der Waals surface area (Å²) in [5.74, 6) is 6.30. The molecule has 1 N–H and O–H groups in total. The molecule has 2 fully saturated rings. The number of fused-ring (bicyclic) bond motifs is 1. The Balaban J connectivity index is 2.04. The number of hydrogen-bond donors (Lipinski definition) is 1. The highest BCUT2D eigenvalue weighted by atomic mass is 16.2. The van der Waals surface area contributed by atoms with Crippen LogP contribution < -0.4 is 11.2 Å². The average Bonchev–Trinajstić information content (AvgIpc) is 3.36. The highest BCUT2D eigenvalue weighted by Crippen LogP contribution is 2.36. The lowest BCUT2D eigenvalue weighted by Gasteiger charge is -2.09. The van der Waals surface area contributed by atoms with Crippen molar-refractivity contribution >= 4 is 11.2 Å². The Morgan fingerprint density at radius 2 is 1.86 bits per heavy atom. The van der Waals surface area contributed by atoms with Gasteiger partial charge in [-0.1, -0.05) is 12.8 Å². The third-order valence-corrected chi connectivity index (χ3v) is 3.97. The Morgan fingerprint density at radius 1 is 1.19 bits per heavy atom. The van der Waals surface area contributed by atoms with E-state index in [0.29, 0.717) is 17.0 Å². The Labute approximate surface area is 120 Å². The Kier molecular flexibility index (Phi) is 2.58. The largest absolute Gasteiger partial charge is 0.333 e. The van der Waals surface area contributed by atoms with E-state index >= 15 is 0 Å². The molecule has 6 heteroatoms. The second-order valence-electron chi connectivity index (χ2n) is 5.73. The molecule has 6 nitrogen and oxygen atoms in total. The van der Waals surface area contributed by atoms with Crippen LogP contribution in [0.25, 0.3) is 11.2 Å². The fraction of sp³-hybridized carbons (Fsp3) is 0.533. The maximum absolute atomic E-state index is 12.6. The standard InChI is InChI=1S/C15H16N4O2/c1-2-3-4-11-16-12-13(17-11)18(9-5-6-9)15(21)19(14(12)20)10-7-8-10/h9-10H,2,5-8H2,1H3,(H,16,17). The summed E-state index contributed by atoms with van der Waals surface area (Å²) >= 11 is 0. The number of hydrogen-bond acceptors (Lipinski definition) is 3. The summed E-state index contributed by atoms with van der Waals surface area (Å²) in [7, 11) is 0. The minimum Gasteiger partial charge on any atom is -0.325 e. The van der Waals surface area contributed by atoms with Gasteiger partial charge in [-0.25, -0.2) is 9.78 Å². The smallest absolute Gasteiger partial charge is 0.325 e. The van der Waals surface area contributed by atoms with Gasteiger partial charge in [0.25, 0.3) is 5.56 Å². The molecule has 2 saturated carbocycles. The third-order valence-electron chi connectivity index (χ3n) is 3.97. The van der Waals surface area contributed by atoms with E-state index in [2.05, 4.69) is 21.8 Å². The summed E-state index contributed by atoms with van der Waals surface area (Å²) in [5.41, 5.74) is 0.407. The molecule has 2 aromatic rings. The molecule has 0 atom stereocenters. The van der Waals surface area contributed by atoms with Gasteiger partial charge in [-0.3, -0.25) is 13.9 Å². The van der Waals surface area contributed by atoms with E-state index in [1.807, 2.05) is 6.92 Å². The molecule has 0 aliphatic heterocycles. The molecular formula is C15H16N4O2. The van der Waals surface area contributed by atoms with Gasteiger partial charge in [0.05, 0.1) is 0 Å². The fourth-order valence-electron chi connectivity index (χ4n) is 2.65. The molecule has 2 heterocycles. The zero-order valence-corrected chi connectivity index (χ0v) is 11.8. The van der Waals surface area contributed by atoms with Crippen LogP contribution >= 0.6 is 0 Å². The van der Waals surface area contributed by atoms with E-state index in [1.165, 1.54) is 4.57 Å². The summed E-state index contributed by atoms with van der Waals surface area (Å²) < 4.78 is 3.08. The molecule has 0 spiro atoms. The minimum absolute atomic E-state index is 0.0628. The van der Waals surface area contributed by atoms with Gasteiger partial charge in [0.2, 0.25) is 0 Å². The average molecular weight is 284 g/mol. The van der Waals surface area contributed by atoms with Crippen LogP contribution in [-0.2, 0) is 0 Å². The zero-order chi connectivity index (χ0) is 14.6. The fourth-order valence-corrected chi connectivity index (χ4v) is 2.65. The highest BCUT2D eigenvalue weighted by molar-refractivity contribution is 5.71. The summed E-state index contributed by atoms with van der Waals surface area (Å²) in [4.78, 5) is 32.5. The first-order chi connectivity index (χ1) is 10.2. The number of nitrogens with zero attached hydrogens (tertiary/aromatic N) is 3. The molecule has 2 aliphatic carbocycles. The van der Waals surface area contributed by atoms with Crippen molar-refractivity contribution in [3.63, 3.8) is 0 Å². The predicted octanol–water partition coefficient (Wildman–Crippen LogP) is 1.32. The van der Waals surface area contributed by atoms with Crippen molar-refractivity contribution in [1.82, 2.24) is 19.1 Å².